The number of phenolic OH excluding ortho intramolecular Hbond substituents is 2. The van der Waals surface area contributed by atoms with Crippen molar-refractivity contribution < 1.29 is 47.2 Å². The number of anilines is 5. The first-order valence-electron chi connectivity index (χ1n) is 44.7. The van der Waals surface area contributed by atoms with Crippen molar-refractivity contribution in [2.75, 3.05) is 59.5 Å². The van der Waals surface area contributed by atoms with E-state index in [2.05, 4.69) is 216 Å². The minimum atomic E-state index is -0.140. The lowest BCUT2D eigenvalue weighted by Crippen LogP contribution is -2.36. The van der Waals surface area contributed by atoms with E-state index in [1.54, 1.807) is 36.8 Å². The van der Waals surface area contributed by atoms with Crippen LogP contribution < -0.4 is 26.6 Å². The van der Waals surface area contributed by atoms with E-state index in [-0.39, 0.29) is 112 Å². The van der Waals surface area contributed by atoms with E-state index in [0.29, 0.717) is 24.7 Å². The molecule has 5 fully saturated rings. The molecule has 13 atom stereocenters. The zero-order valence-corrected chi connectivity index (χ0v) is 72.5. The largest absolute Gasteiger partial charge is 0.508 e. The number of carbonyl (C=O) groups excluding carboxylic acids is 2. The molecule has 10 aliphatic rings. The number of amides is 2. The van der Waals surface area contributed by atoms with E-state index < -0.39 is 0 Å². The highest BCUT2D eigenvalue weighted by molar-refractivity contribution is 5.80. The van der Waals surface area contributed by atoms with Gasteiger partial charge in [-0.25, -0.2) is 4.39 Å². The molecule has 0 spiro atoms. The number of ether oxygens (including phenoxy) is 3. The standard InChI is InChI=1S/C22H26FNO.2C21H24N2O2.2C20H25NO2/c1-22(2,3)14-10-11-19-17(13-14)21-16(8-6-12-25-21)20(24-19)15-7-4-5-9-18(15)23;2*1-2-14-8-9-18-17(11-14)20(23-10-4-7-21(23)25)13-19(22-18)15-5-3-6-16(24)12-15;2*1-20(2,3)13-8-9-16-15(12-13)19-14(6-4-11-23-19)18(21-16)17-7-5-10-22-17/h4-5,7,9-11,13,16,20-21,24H,6,8,12H2,1-3H3;2*3,5-6,8-9,11-12,19-20,22,24H,2,4,7,10,13H2,1H3;2*5,7-10,12,14,18-19,21H,4,6,11H2,1-3H3/t16-,20-,21-;;;14-,18+,19-;/m1..0./s1. The number of phenols is 2. The van der Waals surface area contributed by atoms with E-state index >= 15 is 0 Å². The van der Waals surface area contributed by atoms with Gasteiger partial charge in [0.25, 0.3) is 0 Å². The third-order valence-electron chi connectivity index (χ3n) is 26.8. The van der Waals surface area contributed by atoms with Crippen LogP contribution in [0.2, 0.25) is 0 Å². The number of aryl methyl sites for hydroxylation is 2. The minimum Gasteiger partial charge on any atom is -0.508 e. The number of carbonyl (C=O) groups is 2. The molecule has 7 unspecified atom stereocenters. The van der Waals surface area contributed by atoms with Crippen molar-refractivity contribution in [1.82, 2.24) is 9.80 Å². The van der Waals surface area contributed by atoms with Gasteiger partial charge in [0.05, 0.1) is 73.1 Å². The normalized spacial score (nSPS) is 24.9. The zero-order chi connectivity index (χ0) is 84.4. The van der Waals surface area contributed by atoms with Crippen LogP contribution in [0.15, 0.2) is 209 Å². The molecule has 2 amide bonds. The molecule has 7 N–H and O–H groups in total. The number of fused-ring (bicyclic) bond motifs is 11. The fourth-order valence-corrected chi connectivity index (χ4v) is 20.1. The number of hydrogen-bond donors (Lipinski definition) is 7. The van der Waals surface area contributed by atoms with Gasteiger partial charge in [0.1, 0.15) is 28.8 Å². The van der Waals surface area contributed by atoms with Crippen LogP contribution in [0.4, 0.5) is 32.8 Å². The highest BCUT2D eigenvalue weighted by atomic mass is 19.1. The Bertz CT molecular complexity index is 5000. The molecule has 0 bridgehead atoms. The van der Waals surface area contributed by atoms with Crippen molar-refractivity contribution in [1.29, 1.82) is 0 Å². The lowest BCUT2D eigenvalue weighted by atomic mass is 9.75. The number of nitrogens with one attached hydrogen (secondary N) is 5. The molecule has 636 valence electrons. The first-order chi connectivity index (χ1) is 58.3. The Morgan fingerprint density at radius 1 is 0.397 bits per heavy atom. The number of benzene rings is 8. The average molecular weight is 1640 g/mol. The number of rotatable bonds is 9. The SMILES string of the molecule is CC(C)(C)c1ccc2c(c1)C1OCCCC1C(c1ccco1)N2.CC(C)(C)c1ccc2c(c1)[C@@H]1OCCC[C@@H]1[C@@H](c1ccccc1F)N2.CC(C)(C)c1ccc2c(c1)[C@H]1OCCC[C@H]1[C@H](c1ccco1)N2.CCc1ccc2c(c1)C(N1CCCC1=O)CC(c1cccc(O)c1)N2.CCc1ccc2c(c1)C(N1CCCC1=O)CC(c1cccc(O)c1)N2. The second kappa shape index (κ2) is 36.0. The number of hydrogen-bond acceptors (Lipinski definition) is 14. The molecule has 0 aliphatic carbocycles. The molecule has 0 saturated carbocycles. The summed E-state index contributed by atoms with van der Waals surface area (Å²) >= 11 is 0. The van der Waals surface area contributed by atoms with Gasteiger partial charge in [-0.2, -0.15) is 0 Å². The second-order valence-corrected chi connectivity index (χ2v) is 37.9. The topological polar surface area (TPSA) is 195 Å². The number of furan rings is 2. The van der Waals surface area contributed by atoms with Crippen molar-refractivity contribution in [3.8, 4) is 11.5 Å². The Morgan fingerprint density at radius 3 is 1.13 bits per heavy atom. The molecule has 5 saturated heterocycles. The van der Waals surface area contributed by atoms with Gasteiger partial charge in [0.15, 0.2) is 0 Å². The predicted molar refractivity (Wildman–Crippen MR) is 480 cm³/mol. The van der Waals surface area contributed by atoms with E-state index in [4.69, 9.17) is 23.0 Å². The summed E-state index contributed by atoms with van der Waals surface area (Å²) in [6.45, 7) is 28.7. The smallest absolute Gasteiger partial charge is 0.223 e. The zero-order valence-electron chi connectivity index (χ0n) is 72.5. The summed E-state index contributed by atoms with van der Waals surface area (Å²) in [5.74, 6) is 4.07. The number of aromatic hydroxyl groups is 2. The fourth-order valence-electron chi connectivity index (χ4n) is 20.1. The van der Waals surface area contributed by atoms with Gasteiger partial charge in [0.2, 0.25) is 11.8 Å². The van der Waals surface area contributed by atoms with Crippen molar-refractivity contribution in [3.63, 3.8) is 0 Å². The average Bonchev–Trinajstić information content (AvgIpc) is 1.05. The highest BCUT2D eigenvalue weighted by Crippen LogP contribution is 2.55. The molecule has 121 heavy (non-hydrogen) atoms. The van der Waals surface area contributed by atoms with Crippen LogP contribution in [-0.2, 0) is 52.9 Å². The van der Waals surface area contributed by atoms with Gasteiger partial charge in [-0.3, -0.25) is 9.59 Å². The Morgan fingerprint density at radius 2 is 0.777 bits per heavy atom. The summed E-state index contributed by atoms with van der Waals surface area (Å²) in [5, 5.41) is 37.9. The molecule has 10 aromatic rings. The molecular formula is C104H124FN7O9. The van der Waals surface area contributed by atoms with E-state index in [9.17, 15) is 24.2 Å². The van der Waals surface area contributed by atoms with Crippen LogP contribution in [0.3, 0.4) is 0 Å². The van der Waals surface area contributed by atoms with Gasteiger partial charge < -0.3 is 69.6 Å². The monoisotopic (exact) mass is 1630 g/mol. The van der Waals surface area contributed by atoms with Crippen LogP contribution in [0.1, 0.15) is 298 Å². The maximum absolute atomic E-state index is 14.4. The molecule has 10 aliphatic heterocycles. The molecule has 20 rings (SSSR count). The molecule has 16 nitrogen and oxygen atoms in total. The lowest BCUT2D eigenvalue weighted by molar-refractivity contribution is -0.130. The summed E-state index contributed by atoms with van der Waals surface area (Å²) < 4.78 is 44.5. The van der Waals surface area contributed by atoms with Crippen LogP contribution in [0, 0.1) is 23.6 Å². The molecule has 17 heteroatoms. The van der Waals surface area contributed by atoms with E-state index in [1.807, 2.05) is 60.7 Å². The first-order valence-corrected chi connectivity index (χ1v) is 44.7. The van der Waals surface area contributed by atoms with Crippen LogP contribution in [-0.4, -0.2) is 64.7 Å². The maximum Gasteiger partial charge on any atom is 0.223 e. The predicted octanol–water partition coefficient (Wildman–Crippen LogP) is 24.5. The summed E-state index contributed by atoms with van der Waals surface area (Å²) in [4.78, 5) is 28.9. The molecular weight excluding hydrogens is 1510 g/mol. The maximum atomic E-state index is 14.4. The van der Waals surface area contributed by atoms with Crippen LogP contribution >= 0.6 is 0 Å². The third-order valence-corrected chi connectivity index (χ3v) is 26.8. The second-order valence-electron chi connectivity index (χ2n) is 37.9. The van der Waals surface area contributed by atoms with Gasteiger partial charge in [0, 0.05) is 114 Å². The molecule has 8 aromatic carbocycles. The Balaban J connectivity index is 0.000000112. The van der Waals surface area contributed by atoms with Gasteiger partial charge in [-0.05, 0) is 228 Å². The summed E-state index contributed by atoms with van der Waals surface area (Å²) in [6, 6.07) is 63.9. The lowest BCUT2D eigenvalue weighted by Gasteiger charge is -2.44. The van der Waals surface area contributed by atoms with Crippen molar-refractivity contribution >= 4 is 40.3 Å². The van der Waals surface area contributed by atoms with E-state index in [0.717, 1.165) is 142 Å². The number of likely N-dealkylation sites (tertiary alicyclic amines) is 2. The van der Waals surface area contributed by atoms with Gasteiger partial charge in [-0.1, -0.05) is 179 Å². The highest BCUT2D eigenvalue weighted by Gasteiger charge is 2.46. The van der Waals surface area contributed by atoms with Gasteiger partial charge in [-0.15, -0.1) is 0 Å². The van der Waals surface area contributed by atoms with E-state index in [1.165, 1.54) is 79.9 Å². The summed E-state index contributed by atoms with van der Waals surface area (Å²) in [5.41, 5.74) is 21.8. The number of nitrogens with zero attached hydrogens (tertiary/aromatic N) is 2. The quantitative estimate of drug-likeness (QED) is 0.0721. The molecule has 2 aromatic heterocycles. The Hall–Kier alpha value is -10.3. The Kier molecular flexibility index (Phi) is 25.1. The van der Waals surface area contributed by atoms with Crippen LogP contribution in [0.5, 0.6) is 11.5 Å². The summed E-state index contributed by atoms with van der Waals surface area (Å²) in [7, 11) is 0. The first kappa shape index (κ1) is 84.3. The van der Waals surface area contributed by atoms with Crippen molar-refractivity contribution in [3.05, 3.63) is 290 Å². The van der Waals surface area contributed by atoms with Gasteiger partial charge >= 0.3 is 0 Å². The molecule has 0 radical (unpaired) electrons. The van der Waals surface area contributed by atoms with Crippen molar-refractivity contribution in [2.45, 2.75) is 243 Å². The fraction of sp³-hybridized carbons (Fsp3) is 0.442. The molecule has 12 heterocycles. The minimum absolute atomic E-state index is 0.0388. The third kappa shape index (κ3) is 18.4. The Labute approximate surface area is 715 Å². The number of halogens is 1. The summed E-state index contributed by atoms with van der Waals surface area (Å²) in [6.07, 6.45) is 17.4. The van der Waals surface area contributed by atoms with Crippen LogP contribution in [0.25, 0.3) is 0 Å². The van der Waals surface area contributed by atoms with Crippen molar-refractivity contribution in [2.24, 2.45) is 17.8 Å².